The number of benzene rings is 1. The summed E-state index contributed by atoms with van der Waals surface area (Å²) < 4.78 is 5.49. The zero-order chi connectivity index (χ0) is 28.2. The molecule has 0 radical (unpaired) electrons. The minimum Gasteiger partial charge on any atom is -0.391 e. The average molecular weight is 579 g/mol. The summed E-state index contributed by atoms with van der Waals surface area (Å²) in [5.74, 6) is 0.827. The molecule has 0 spiro atoms. The molecule has 9 nitrogen and oxygen atoms in total. The summed E-state index contributed by atoms with van der Waals surface area (Å²) in [5, 5.41) is 10.1. The summed E-state index contributed by atoms with van der Waals surface area (Å²) >= 11 is 12.0. The number of aromatic nitrogens is 2. The molecule has 2 unspecified atom stereocenters. The van der Waals surface area contributed by atoms with E-state index in [9.17, 15) is 9.59 Å². The van der Waals surface area contributed by atoms with E-state index in [1.54, 1.807) is 30.3 Å². The van der Waals surface area contributed by atoms with Crippen molar-refractivity contribution < 1.29 is 14.3 Å². The van der Waals surface area contributed by atoms with Crippen LogP contribution in [0.15, 0.2) is 60.9 Å². The van der Waals surface area contributed by atoms with Crippen LogP contribution in [0.2, 0.25) is 10.0 Å². The third kappa shape index (κ3) is 6.14. The van der Waals surface area contributed by atoms with Gasteiger partial charge in [-0.2, -0.15) is 5.26 Å². The summed E-state index contributed by atoms with van der Waals surface area (Å²) in [6, 6.07) is 16.0. The predicted octanol–water partition coefficient (Wildman–Crippen LogP) is 5.00. The fourth-order valence-electron chi connectivity index (χ4n) is 5.37. The van der Waals surface area contributed by atoms with E-state index in [1.807, 2.05) is 35.2 Å². The number of pyridine rings is 2. The van der Waals surface area contributed by atoms with E-state index in [1.165, 1.54) is 12.3 Å². The van der Waals surface area contributed by atoms with E-state index in [2.05, 4.69) is 20.9 Å². The molecule has 2 aromatic heterocycles. The van der Waals surface area contributed by atoms with Crippen molar-refractivity contribution in [2.45, 2.75) is 24.8 Å². The Morgan fingerprint density at radius 1 is 0.975 bits per heavy atom. The Kier molecular flexibility index (Phi) is 8.38. The number of nitrogens with zero attached hydrogens (tertiary/aromatic N) is 6. The second-order valence-electron chi connectivity index (χ2n) is 10.0. The number of hydrogen-bond donors (Lipinski definition) is 0. The lowest BCUT2D eigenvalue weighted by Crippen LogP contribution is -2.45. The number of halogens is 2. The van der Waals surface area contributed by atoms with Crippen LogP contribution < -0.4 is 9.64 Å². The molecule has 2 fully saturated rings. The molecule has 3 aromatic rings. The van der Waals surface area contributed by atoms with Gasteiger partial charge in [0.1, 0.15) is 11.9 Å². The Morgan fingerprint density at radius 3 is 2.33 bits per heavy atom. The monoisotopic (exact) mass is 578 g/mol. The van der Waals surface area contributed by atoms with Gasteiger partial charge >= 0.3 is 6.09 Å². The Hall–Kier alpha value is -3.87. The molecular weight excluding hydrogens is 551 g/mol. The number of likely N-dealkylation sites (N-methyl/N-ethyl adjacent to an activating group) is 1. The number of anilines is 1. The first-order valence-electron chi connectivity index (χ1n) is 13.0. The third-order valence-corrected chi connectivity index (χ3v) is 8.10. The van der Waals surface area contributed by atoms with E-state index in [0.717, 1.165) is 11.4 Å². The van der Waals surface area contributed by atoms with Gasteiger partial charge in [-0.25, -0.2) is 14.8 Å². The maximum atomic E-state index is 13.7. The topological polar surface area (TPSA) is 103 Å². The highest BCUT2D eigenvalue weighted by Crippen LogP contribution is 2.34. The van der Waals surface area contributed by atoms with Crippen molar-refractivity contribution in [1.29, 1.82) is 5.26 Å². The van der Waals surface area contributed by atoms with Gasteiger partial charge in [0.15, 0.2) is 0 Å². The van der Waals surface area contributed by atoms with Crippen molar-refractivity contribution in [3.05, 3.63) is 82.1 Å². The van der Waals surface area contributed by atoms with Crippen molar-refractivity contribution in [2.75, 3.05) is 38.1 Å². The fourth-order valence-corrected chi connectivity index (χ4v) is 5.61. The normalized spacial score (nSPS) is 19.2. The van der Waals surface area contributed by atoms with Crippen LogP contribution >= 0.6 is 23.2 Å². The van der Waals surface area contributed by atoms with Crippen molar-refractivity contribution in [3.8, 4) is 11.9 Å². The van der Waals surface area contributed by atoms with E-state index in [4.69, 9.17) is 33.2 Å². The van der Waals surface area contributed by atoms with Crippen LogP contribution in [0.4, 0.5) is 10.6 Å². The van der Waals surface area contributed by atoms with Crippen molar-refractivity contribution >= 4 is 41.0 Å². The third-order valence-electron chi connectivity index (χ3n) is 7.62. The lowest BCUT2D eigenvalue weighted by Gasteiger charge is -2.34. The molecule has 1 aromatic carbocycles. The van der Waals surface area contributed by atoms with E-state index >= 15 is 0 Å². The minimum atomic E-state index is -0.559. The van der Waals surface area contributed by atoms with Crippen molar-refractivity contribution in [3.63, 3.8) is 0 Å². The zero-order valence-corrected chi connectivity index (χ0v) is 23.4. The highest BCUT2D eigenvalue weighted by Gasteiger charge is 2.42. The number of amides is 2. The van der Waals surface area contributed by atoms with Crippen LogP contribution in [0.25, 0.3) is 0 Å². The summed E-state index contributed by atoms with van der Waals surface area (Å²) in [4.78, 5) is 40.8. The van der Waals surface area contributed by atoms with Gasteiger partial charge in [0.2, 0.25) is 11.8 Å². The van der Waals surface area contributed by atoms with Gasteiger partial charge in [-0.15, -0.1) is 0 Å². The summed E-state index contributed by atoms with van der Waals surface area (Å²) in [6.45, 7) is 2.28. The van der Waals surface area contributed by atoms with Gasteiger partial charge in [-0.05, 0) is 48.7 Å². The molecule has 2 amide bonds. The molecule has 2 aliphatic rings. The summed E-state index contributed by atoms with van der Waals surface area (Å²) in [6.07, 6.45) is 3.83. The average Bonchev–Trinajstić information content (AvgIpc) is 3.43. The number of nitriles is 1. The van der Waals surface area contributed by atoms with Gasteiger partial charge in [-0.1, -0.05) is 35.3 Å². The van der Waals surface area contributed by atoms with Crippen LogP contribution in [0.5, 0.6) is 5.88 Å². The number of hydrogen-bond acceptors (Lipinski definition) is 7. The molecule has 0 N–H and O–H groups in total. The molecule has 2 saturated heterocycles. The van der Waals surface area contributed by atoms with Crippen LogP contribution in [0, 0.1) is 17.2 Å². The first kappa shape index (κ1) is 27.7. The quantitative estimate of drug-likeness (QED) is 0.419. The number of ether oxygens (including phenoxy) is 1. The minimum absolute atomic E-state index is 0.0926. The van der Waals surface area contributed by atoms with Gasteiger partial charge in [0, 0.05) is 68.5 Å². The highest BCUT2D eigenvalue weighted by molar-refractivity contribution is 6.30. The van der Waals surface area contributed by atoms with Gasteiger partial charge in [-0.3, -0.25) is 4.79 Å². The van der Waals surface area contributed by atoms with Crippen LogP contribution in [0.1, 0.15) is 29.9 Å². The number of piperidine rings is 1. The molecule has 40 heavy (non-hydrogen) atoms. The number of likely N-dealkylation sites (tertiary alicyclic amines) is 1. The van der Waals surface area contributed by atoms with E-state index in [-0.39, 0.29) is 29.7 Å². The molecule has 11 heteroatoms. The summed E-state index contributed by atoms with van der Waals surface area (Å²) in [5.41, 5.74) is 1.52. The molecule has 206 valence electrons. The SMILES string of the molecule is CN(C(=O)Oc1ccc(Cl)cn1)C1CN(C(=O)C2CCN(c3ccc(C#N)cn3)CC2)CC1c1ccc(Cl)cc1. The highest BCUT2D eigenvalue weighted by atomic mass is 35.5. The second-order valence-corrected chi connectivity index (χ2v) is 10.9. The Balaban J connectivity index is 1.27. The maximum absolute atomic E-state index is 13.7. The molecule has 2 aliphatic heterocycles. The maximum Gasteiger partial charge on any atom is 0.416 e. The molecule has 0 saturated carbocycles. The second kappa shape index (κ2) is 12.1. The van der Waals surface area contributed by atoms with Gasteiger partial charge in [0.25, 0.3) is 0 Å². The van der Waals surface area contributed by atoms with Crippen LogP contribution in [0.3, 0.4) is 0 Å². The molecule has 4 heterocycles. The van der Waals surface area contributed by atoms with Crippen molar-refractivity contribution in [2.24, 2.45) is 5.92 Å². The van der Waals surface area contributed by atoms with Crippen LogP contribution in [-0.4, -0.2) is 71.0 Å². The smallest absolute Gasteiger partial charge is 0.391 e. The molecule has 2 atom stereocenters. The Morgan fingerprint density at radius 2 is 1.70 bits per heavy atom. The fraction of sp³-hybridized carbons (Fsp3) is 0.345. The van der Waals surface area contributed by atoms with Crippen LogP contribution in [-0.2, 0) is 4.79 Å². The van der Waals surface area contributed by atoms with Crippen molar-refractivity contribution in [1.82, 2.24) is 19.8 Å². The molecule has 0 aliphatic carbocycles. The lowest BCUT2D eigenvalue weighted by molar-refractivity contribution is -0.135. The first-order chi connectivity index (χ1) is 19.3. The number of carbonyl (C=O) groups excluding carboxylic acids is 2. The summed E-state index contributed by atoms with van der Waals surface area (Å²) in [7, 11) is 1.68. The largest absolute Gasteiger partial charge is 0.416 e. The van der Waals surface area contributed by atoms with Gasteiger partial charge < -0.3 is 19.4 Å². The molecular formula is C29H28Cl2N6O3. The molecule has 5 rings (SSSR count). The number of rotatable bonds is 5. The number of carbonyl (C=O) groups is 2. The zero-order valence-electron chi connectivity index (χ0n) is 21.9. The Labute approximate surface area is 242 Å². The van der Waals surface area contributed by atoms with E-state index in [0.29, 0.717) is 54.6 Å². The van der Waals surface area contributed by atoms with Gasteiger partial charge in [0.05, 0.1) is 16.6 Å². The first-order valence-corrected chi connectivity index (χ1v) is 13.8. The predicted molar refractivity (Wildman–Crippen MR) is 151 cm³/mol. The Bertz CT molecular complexity index is 1390. The van der Waals surface area contributed by atoms with E-state index < -0.39 is 6.09 Å². The molecule has 0 bridgehead atoms. The standard InChI is InChI=1S/C29H28Cl2N6O3/c1-35(29(39)40-27-9-7-23(31)16-34-27)25-18-37(17-24(25)20-3-5-22(30)6-4-20)28(38)21-10-12-36(13-11-21)26-8-2-19(14-32)15-33-26/h2-9,15-16,21,24-25H,10-13,17-18H2,1H3. The lowest BCUT2D eigenvalue weighted by atomic mass is 9.93.